The van der Waals surface area contributed by atoms with Crippen LogP contribution in [0.3, 0.4) is 0 Å². The first-order chi connectivity index (χ1) is 60.2. The lowest BCUT2D eigenvalue weighted by molar-refractivity contribution is -0.161. The molecule has 0 spiro atoms. The van der Waals surface area contributed by atoms with Gasteiger partial charge >= 0.3 is 33.6 Å². The zero-order valence-corrected chi connectivity index (χ0v) is 79.3. The number of carbonyl (C=O) groups excluding carboxylic acids is 3. The summed E-state index contributed by atoms with van der Waals surface area (Å²) in [6.45, 7) is 2.37. The number of ether oxygens (including phenoxy) is 3. The molecule has 0 rings (SSSR count). The van der Waals surface area contributed by atoms with E-state index in [1.807, 2.05) is 0 Å². The Bertz CT molecular complexity index is 3020. The maximum atomic E-state index is 13.1. The Labute approximate surface area is 750 Å². The molecule has 0 aliphatic rings. The number of aliphatic hydroxyl groups excluding tert-OH is 2. The van der Waals surface area contributed by atoms with Crippen LogP contribution in [0.5, 0.6) is 0 Å². The molecule has 0 saturated heterocycles. The van der Waals surface area contributed by atoms with Gasteiger partial charge in [0.15, 0.2) is 6.10 Å². The molecule has 0 saturated carbocycles. The third-order valence-corrected chi connectivity index (χ3v) is 22.2. The molecule has 0 amide bonds. The van der Waals surface area contributed by atoms with Gasteiger partial charge in [-0.05, 0) is 161 Å². The van der Waals surface area contributed by atoms with Crippen LogP contribution in [-0.4, -0.2) is 95.9 Å². The van der Waals surface area contributed by atoms with Crippen molar-refractivity contribution >= 4 is 33.6 Å². The van der Waals surface area contributed by atoms with Gasteiger partial charge in [-0.15, -0.1) is 0 Å². The number of hydrogen-bond donors (Lipinski definition) is 4. The summed E-state index contributed by atoms with van der Waals surface area (Å²) in [6.07, 6.45) is 128. The van der Waals surface area contributed by atoms with Crippen LogP contribution < -0.4 is 0 Å². The van der Waals surface area contributed by atoms with Gasteiger partial charge in [0.1, 0.15) is 25.4 Å². The molecule has 0 fully saturated rings. The van der Waals surface area contributed by atoms with Crippen molar-refractivity contribution in [3.05, 3.63) is 194 Å². The predicted octanol–water partition coefficient (Wildman–Crippen LogP) is 30.6. The van der Waals surface area contributed by atoms with Crippen molar-refractivity contribution in [1.82, 2.24) is 0 Å². The molecule has 0 heterocycles. The number of allylic oxidation sites excluding steroid dienone is 32. The van der Waals surface area contributed by atoms with Gasteiger partial charge in [-0.1, -0.05) is 408 Å². The van der Waals surface area contributed by atoms with Gasteiger partial charge in [0.05, 0.1) is 26.4 Å². The molecular weight excluding hydrogens is 1580 g/mol. The van der Waals surface area contributed by atoms with E-state index in [0.717, 1.165) is 199 Å². The summed E-state index contributed by atoms with van der Waals surface area (Å²) < 4.78 is 61.6. The van der Waals surface area contributed by atoms with Gasteiger partial charge in [-0.2, -0.15) is 0 Å². The second-order valence-electron chi connectivity index (χ2n) is 32.1. The number of carbonyl (C=O) groups is 3. The van der Waals surface area contributed by atoms with Gasteiger partial charge in [0.25, 0.3) is 0 Å². The molecule has 0 aromatic carbocycles. The largest absolute Gasteiger partial charge is 0.472 e. The highest BCUT2D eigenvalue weighted by atomic mass is 31.2. The summed E-state index contributed by atoms with van der Waals surface area (Å²) in [6, 6.07) is 0. The summed E-state index contributed by atoms with van der Waals surface area (Å²) in [7, 11) is -9.82. The second-order valence-corrected chi connectivity index (χ2v) is 35.0. The minimum absolute atomic E-state index is 0.0848. The summed E-state index contributed by atoms with van der Waals surface area (Å²) in [5.74, 6) is -1.59. The monoisotopic (exact) mass is 1760 g/mol. The number of hydrogen-bond acceptors (Lipinski definition) is 14. The van der Waals surface area contributed by atoms with Crippen LogP contribution in [0.2, 0.25) is 0 Å². The fraction of sp³-hybridized carbons (Fsp3) is 0.667. The minimum atomic E-state index is -4.95. The van der Waals surface area contributed by atoms with Gasteiger partial charge in [-0.25, -0.2) is 9.13 Å². The van der Waals surface area contributed by atoms with Crippen LogP contribution >= 0.6 is 15.6 Å². The van der Waals surface area contributed by atoms with Crippen molar-refractivity contribution in [2.75, 3.05) is 39.6 Å². The molecule has 0 bridgehead atoms. The fourth-order valence-electron chi connectivity index (χ4n) is 13.0. The average Bonchev–Trinajstić information content (AvgIpc) is 0.898. The summed E-state index contributed by atoms with van der Waals surface area (Å²) in [4.78, 5) is 59.1. The highest BCUT2D eigenvalue weighted by Gasteiger charge is 2.30. The summed E-state index contributed by atoms with van der Waals surface area (Å²) in [5, 5.41) is 20.8. The first-order valence-electron chi connectivity index (χ1n) is 48.7. The van der Waals surface area contributed by atoms with Crippen LogP contribution in [0.15, 0.2) is 194 Å². The van der Waals surface area contributed by atoms with E-state index in [9.17, 15) is 43.5 Å². The standard InChI is InChI=1S/C105H176O16P2/c1-4-7-10-13-16-19-22-25-28-31-34-37-40-42-44-46-47-48-49-50-51-53-55-56-59-61-64-67-70-73-76-79-82-85-88-91-103(108)115-94-100(106)95-117-122(111,112)118-96-101(107)97-119-123(113,114)120-99-102(121-105(110)93-90-87-84-81-78-75-72-69-66-63-58-39-36-33-30-27-24-21-18-15-12-9-6-3)98-116-104(109)92-89-86-83-80-77-74-71-68-65-62-60-57-54-52-45-43-41-38-35-32-29-26-23-20-17-14-11-8-5-2/h7-12,16-21,25-30,34-39,42-45,54,57,63,66,100-102,106-107H,4-6,13-15,22-24,31-33,40-41,46-53,55-56,58-62,64-65,67-99H2,1-3H3,(H,111,112)(H,113,114)/b10-7-,11-8-,12-9-,19-16-,20-17-,21-18-,28-25-,29-26-,30-27-,37-34-,38-35-,39-36-,44-42-,45-43-,57-54-,66-63-. The smallest absolute Gasteiger partial charge is 0.463 e. The van der Waals surface area contributed by atoms with E-state index in [4.69, 9.17) is 32.3 Å². The van der Waals surface area contributed by atoms with Gasteiger partial charge < -0.3 is 34.2 Å². The molecule has 0 aromatic rings. The van der Waals surface area contributed by atoms with Crippen LogP contribution in [-0.2, 0) is 55.8 Å². The topological polar surface area (TPSA) is 231 Å². The Balaban J connectivity index is 4.57. The Morgan fingerprint density at radius 3 is 0.642 bits per heavy atom. The van der Waals surface area contributed by atoms with Gasteiger partial charge in [-0.3, -0.25) is 32.5 Å². The molecule has 5 unspecified atom stereocenters. The van der Waals surface area contributed by atoms with Crippen molar-refractivity contribution in [3.63, 3.8) is 0 Å². The van der Waals surface area contributed by atoms with E-state index in [0.29, 0.717) is 19.3 Å². The maximum Gasteiger partial charge on any atom is 0.472 e. The second kappa shape index (κ2) is 95.5. The van der Waals surface area contributed by atoms with Gasteiger partial charge in [0, 0.05) is 19.3 Å². The first kappa shape index (κ1) is 117. The Hall–Kier alpha value is -5.61. The van der Waals surface area contributed by atoms with E-state index in [1.54, 1.807) is 0 Å². The quantitative estimate of drug-likeness (QED) is 0.0146. The Morgan fingerprint density at radius 1 is 0.228 bits per heavy atom. The zero-order chi connectivity index (χ0) is 89.3. The minimum Gasteiger partial charge on any atom is -0.463 e. The lowest BCUT2D eigenvalue weighted by Gasteiger charge is -2.21. The molecule has 123 heavy (non-hydrogen) atoms. The summed E-state index contributed by atoms with van der Waals surface area (Å²) >= 11 is 0. The van der Waals surface area contributed by atoms with Crippen molar-refractivity contribution < 1.29 is 75.8 Å². The van der Waals surface area contributed by atoms with Crippen molar-refractivity contribution in [1.29, 1.82) is 0 Å². The predicted molar refractivity (Wildman–Crippen MR) is 518 cm³/mol. The number of aliphatic hydroxyl groups is 2. The van der Waals surface area contributed by atoms with E-state index in [2.05, 4.69) is 215 Å². The molecule has 0 radical (unpaired) electrons. The number of phosphoric ester groups is 2. The van der Waals surface area contributed by atoms with E-state index in [1.165, 1.54) is 135 Å². The molecule has 702 valence electrons. The number of rotatable bonds is 91. The van der Waals surface area contributed by atoms with E-state index >= 15 is 0 Å². The lowest BCUT2D eigenvalue weighted by atomic mass is 10.0. The van der Waals surface area contributed by atoms with Crippen LogP contribution in [0, 0.1) is 0 Å². The van der Waals surface area contributed by atoms with Crippen molar-refractivity contribution in [2.24, 2.45) is 0 Å². The highest BCUT2D eigenvalue weighted by molar-refractivity contribution is 7.47. The first-order valence-corrected chi connectivity index (χ1v) is 51.7. The number of unbranched alkanes of at least 4 members (excludes halogenated alkanes) is 36. The third-order valence-electron chi connectivity index (χ3n) is 20.3. The molecule has 4 N–H and O–H groups in total. The Morgan fingerprint density at radius 2 is 0.407 bits per heavy atom. The van der Waals surface area contributed by atoms with Crippen LogP contribution in [0.25, 0.3) is 0 Å². The fourth-order valence-corrected chi connectivity index (χ4v) is 14.6. The third kappa shape index (κ3) is 96.9. The molecule has 0 aliphatic heterocycles. The molecule has 16 nitrogen and oxygen atoms in total. The SMILES string of the molecule is CC/C=C\C/C=C\C/C=C\C/C=C\C/C=C\C/C=C\CCCCCCCCCCCCC(=O)OCC(COP(=O)(O)OCC(O)COP(=O)(O)OCC(O)COC(=O)CCCCCCCCCCCCCCCCCCCCC/C=C\C/C=C\C/C=C\C/C=C\C/C=C\CC)OC(=O)CCCCCCCCC/C=C\C/C=C\C/C=C\C/C=C\C/C=C\CC. The highest BCUT2D eigenvalue weighted by Crippen LogP contribution is 2.45. The molecule has 0 aliphatic carbocycles. The van der Waals surface area contributed by atoms with E-state index < -0.39 is 91.5 Å². The summed E-state index contributed by atoms with van der Waals surface area (Å²) in [5.41, 5.74) is 0. The van der Waals surface area contributed by atoms with Crippen molar-refractivity contribution in [2.45, 2.75) is 411 Å². The average molecular weight is 1760 g/mol. The number of phosphoric acid groups is 2. The normalized spacial score (nSPS) is 14.6. The molecule has 5 atom stereocenters. The van der Waals surface area contributed by atoms with E-state index in [-0.39, 0.29) is 19.3 Å². The zero-order valence-electron chi connectivity index (χ0n) is 77.5. The lowest BCUT2D eigenvalue weighted by Crippen LogP contribution is -2.30. The maximum absolute atomic E-state index is 13.1. The van der Waals surface area contributed by atoms with Crippen molar-refractivity contribution in [3.8, 4) is 0 Å². The Kier molecular flexibility index (Phi) is 91.1. The van der Waals surface area contributed by atoms with Crippen LogP contribution in [0.4, 0.5) is 0 Å². The number of esters is 3. The molecule has 18 heteroatoms. The van der Waals surface area contributed by atoms with Gasteiger partial charge in [0.2, 0.25) is 0 Å². The van der Waals surface area contributed by atoms with Crippen LogP contribution in [0.1, 0.15) is 393 Å². The molecule has 0 aromatic heterocycles. The molecular formula is C105H176O16P2.